The van der Waals surface area contributed by atoms with E-state index in [4.69, 9.17) is 28.9 Å². The van der Waals surface area contributed by atoms with Crippen LogP contribution in [0.4, 0.5) is 5.69 Å². The molecule has 0 aliphatic rings. The topological polar surface area (TPSA) is 43.1 Å². The highest BCUT2D eigenvalue weighted by Crippen LogP contribution is 2.27. The molecule has 0 aliphatic heterocycles. The van der Waals surface area contributed by atoms with Crippen molar-refractivity contribution < 1.29 is 4.79 Å². The fourth-order valence-electron chi connectivity index (χ4n) is 1.54. The molecule has 92 valence electrons. The monoisotopic (exact) mass is 343 g/mol. The van der Waals surface area contributed by atoms with Gasteiger partial charge in [0.1, 0.15) is 0 Å². The summed E-state index contributed by atoms with van der Waals surface area (Å²) in [5.74, 6) is -0.198. The van der Waals surface area contributed by atoms with Gasteiger partial charge in [-0.3, -0.25) is 4.79 Å². The summed E-state index contributed by atoms with van der Waals surface area (Å²) in [5, 5.41) is 0.810. The molecule has 0 saturated heterocycles. The van der Waals surface area contributed by atoms with E-state index < -0.39 is 0 Å². The first-order chi connectivity index (χ1) is 8.49. The molecule has 0 saturated carbocycles. The van der Waals surface area contributed by atoms with Crippen LogP contribution in [0.5, 0.6) is 0 Å². The Morgan fingerprint density at radius 1 is 1.06 bits per heavy atom. The van der Waals surface area contributed by atoms with Crippen LogP contribution in [0.25, 0.3) is 0 Å². The van der Waals surface area contributed by atoms with Crippen LogP contribution in [-0.4, -0.2) is 5.78 Å². The van der Waals surface area contributed by atoms with Gasteiger partial charge in [-0.05, 0) is 36.4 Å². The third-order valence-electron chi connectivity index (χ3n) is 2.41. The number of carbonyl (C=O) groups is 1. The zero-order chi connectivity index (χ0) is 13.3. The number of carbonyl (C=O) groups excluding carboxylic acids is 1. The highest BCUT2D eigenvalue weighted by Gasteiger charge is 2.16. The third-order valence-corrected chi connectivity index (χ3v) is 3.65. The number of ketones is 1. The SMILES string of the molecule is Nc1ccc(Br)c(C(=O)c2ccc(Cl)cc2Cl)c1. The molecule has 18 heavy (non-hydrogen) atoms. The molecule has 2 rings (SSSR count). The maximum absolute atomic E-state index is 12.3. The Labute approximate surface area is 123 Å². The van der Waals surface area contributed by atoms with Crippen LogP contribution in [0, 0.1) is 0 Å². The van der Waals surface area contributed by atoms with Crippen LogP contribution in [0.2, 0.25) is 10.0 Å². The van der Waals surface area contributed by atoms with Gasteiger partial charge < -0.3 is 5.73 Å². The van der Waals surface area contributed by atoms with E-state index in [-0.39, 0.29) is 5.78 Å². The summed E-state index contributed by atoms with van der Waals surface area (Å²) in [5.41, 5.74) is 7.07. The van der Waals surface area contributed by atoms with Crippen molar-refractivity contribution in [1.29, 1.82) is 0 Å². The molecule has 0 spiro atoms. The molecule has 0 heterocycles. The highest BCUT2D eigenvalue weighted by molar-refractivity contribution is 9.10. The van der Waals surface area contributed by atoms with E-state index in [2.05, 4.69) is 15.9 Å². The summed E-state index contributed by atoms with van der Waals surface area (Å²) in [6.07, 6.45) is 0. The van der Waals surface area contributed by atoms with E-state index in [9.17, 15) is 4.79 Å². The minimum Gasteiger partial charge on any atom is -0.399 e. The van der Waals surface area contributed by atoms with Gasteiger partial charge in [0.25, 0.3) is 0 Å². The fraction of sp³-hybridized carbons (Fsp3) is 0. The molecular weight excluding hydrogens is 337 g/mol. The quantitative estimate of drug-likeness (QED) is 0.640. The number of benzene rings is 2. The zero-order valence-electron chi connectivity index (χ0n) is 9.08. The maximum atomic E-state index is 12.3. The second kappa shape index (κ2) is 5.31. The molecule has 5 heteroatoms. The number of anilines is 1. The van der Waals surface area contributed by atoms with Crippen molar-refractivity contribution >= 4 is 50.6 Å². The predicted octanol–water partition coefficient (Wildman–Crippen LogP) is 4.57. The Morgan fingerprint density at radius 2 is 1.78 bits per heavy atom. The van der Waals surface area contributed by atoms with Crippen LogP contribution in [0.3, 0.4) is 0 Å². The van der Waals surface area contributed by atoms with Crippen molar-refractivity contribution in [2.75, 3.05) is 5.73 Å². The predicted molar refractivity (Wildman–Crippen MR) is 78.4 cm³/mol. The normalized spacial score (nSPS) is 10.4. The molecule has 2 N–H and O–H groups in total. The number of hydrogen-bond acceptors (Lipinski definition) is 2. The van der Waals surface area contributed by atoms with E-state index in [0.717, 1.165) is 0 Å². The van der Waals surface area contributed by atoms with Crippen molar-refractivity contribution in [3.63, 3.8) is 0 Å². The Bertz CT molecular complexity index is 628. The average molecular weight is 345 g/mol. The molecule has 0 radical (unpaired) electrons. The minimum atomic E-state index is -0.198. The molecule has 0 fully saturated rings. The van der Waals surface area contributed by atoms with Gasteiger partial charge >= 0.3 is 0 Å². The van der Waals surface area contributed by atoms with Gasteiger partial charge in [0, 0.05) is 26.3 Å². The van der Waals surface area contributed by atoms with Gasteiger partial charge in [0.05, 0.1) is 5.02 Å². The zero-order valence-corrected chi connectivity index (χ0v) is 12.2. The van der Waals surface area contributed by atoms with E-state index in [1.54, 1.807) is 30.3 Å². The largest absolute Gasteiger partial charge is 0.399 e. The van der Waals surface area contributed by atoms with Crippen molar-refractivity contribution in [3.8, 4) is 0 Å². The number of nitrogens with two attached hydrogens (primary N) is 1. The third kappa shape index (κ3) is 2.69. The second-order valence-corrected chi connectivity index (χ2v) is 5.39. The van der Waals surface area contributed by atoms with Gasteiger partial charge in [0.2, 0.25) is 0 Å². The molecule has 2 nitrogen and oxygen atoms in total. The number of nitrogen functional groups attached to an aromatic ring is 1. The number of rotatable bonds is 2. The van der Waals surface area contributed by atoms with E-state index >= 15 is 0 Å². The summed E-state index contributed by atoms with van der Waals surface area (Å²) in [6, 6.07) is 9.81. The lowest BCUT2D eigenvalue weighted by atomic mass is 10.0. The standard InChI is InChI=1S/C13H8BrCl2NO/c14-11-4-2-8(17)6-10(11)13(18)9-3-1-7(15)5-12(9)16/h1-6H,17H2. The average Bonchev–Trinajstić information content (AvgIpc) is 2.31. The molecular formula is C13H8BrCl2NO. The summed E-state index contributed by atoms with van der Waals surface area (Å²) < 4.78 is 0.674. The molecule has 0 atom stereocenters. The Hall–Kier alpha value is -1.03. The number of halogens is 3. The first-order valence-electron chi connectivity index (χ1n) is 5.04. The minimum absolute atomic E-state index is 0.198. The Balaban J connectivity index is 2.51. The Morgan fingerprint density at radius 3 is 2.44 bits per heavy atom. The lowest BCUT2D eigenvalue weighted by Gasteiger charge is -2.07. The van der Waals surface area contributed by atoms with Gasteiger partial charge in [-0.25, -0.2) is 0 Å². The van der Waals surface area contributed by atoms with E-state index in [1.165, 1.54) is 6.07 Å². The summed E-state index contributed by atoms with van der Waals surface area (Å²) >= 11 is 15.1. The smallest absolute Gasteiger partial charge is 0.195 e. The van der Waals surface area contributed by atoms with Crippen molar-refractivity contribution in [2.45, 2.75) is 0 Å². The molecule has 0 amide bonds. The number of hydrogen-bond donors (Lipinski definition) is 1. The summed E-state index contributed by atoms with van der Waals surface area (Å²) in [4.78, 5) is 12.3. The van der Waals surface area contributed by atoms with Crippen molar-refractivity contribution in [2.24, 2.45) is 0 Å². The molecule has 2 aromatic carbocycles. The van der Waals surface area contributed by atoms with E-state index in [0.29, 0.717) is 31.3 Å². The van der Waals surface area contributed by atoms with Gasteiger partial charge in [-0.15, -0.1) is 0 Å². The van der Waals surface area contributed by atoms with Crippen molar-refractivity contribution in [3.05, 3.63) is 62.0 Å². The molecule has 0 aliphatic carbocycles. The molecule has 0 bridgehead atoms. The Kier molecular flexibility index (Phi) is 3.95. The van der Waals surface area contributed by atoms with Gasteiger partial charge in [0.15, 0.2) is 5.78 Å². The first kappa shape index (κ1) is 13.4. The maximum Gasteiger partial charge on any atom is 0.195 e. The van der Waals surface area contributed by atoms with Crippen molar-refractivity contribution in [1.82, 2.24) is 0 Å². The van der Waals surface area contributed by atoms with E-state index in [1.807, 2.05) is 0 Å². The van der Waals surface area contributed by atoms with Crippen LogP contribution in [-0.2, 0) is 0 Å². The fourth-order valence-corrected chi connectivity index (χ4v) is 2.46. The lowest BCUT2D eigenvalue weighted by molar-refractivity contribution is 0.103. The molecule has 0 unspecified atom stereocenters. The molecule has 2 aromatic rings. The summed E-state index contributed by atoms with van der Waals surface area (Å²) in [6.45, 7) is 0. The van der Waals surface area contributed by atoms with Gasteiger partial charge in [-0.2, -0.15) is 0 Å². The highest BCUT2D eigenvalue weighted by atomic mass is 79.9. The lowest BCUT2D eigenvalue weighted by Crippen LogP contribution is -2.04. The van der Waals surface area contributed by atoms with Crippen LogP contribution >= 0.6 is 39.1 Å². The van der Waals surface area contributed by atoms with Crippen LogP contribution in [0.15, 0.2) is 40.9 Å². The second-order valence-electron chi connectivity index (χ2n) is 3.69. The summed E-state index contributed by atoms with van der Waals surface area (Å²) in [7, 11) is 0. The van der Waals surface area contributed by atoms with Crippen LogP contribution < -0.4 is 5.73 Å². The van der Waals surface area contributed by atoms with Gasteiger partial charge in [-0.1, -0.05) is 39.1 Å². The van der Waals surface area contributed by atoms with Crippen LogP contribution in [0.1, 0.15) is 15.9 Å². The first-order valence-corrected chi connectivity index (χ1v) is 6.58. The molecule has 0 aromatic heterocycles.